The third-order valence-electron chi connectivity index (χ3n) is 5.56. The molecule has 5 heteroatoms. The van der Waals surface area contributed by atoms with Crippen LogP contribution in [0, 0.1) is 11.8 Å². The number of carbonyl (C=O) groups excluding carboxylic acids is 1. The maximum Gasteiger partial charge on any atom is 0.410 e. The first-order chi connectivity index (χ1) is 10.4. The van der Waals surface area contributed by atoms with Crippen LogP contribution in [-0.2, 0) is 4.74 Å². The number of rotatable bonds is 3. The van der Waals surface area contributed by atoms with Gasteiger partial charge in [0.15, 0.2) is 0 Å². The van der Waals surface area contributed by atoms with Crippen LogP contribution in [0.5, 0.6) is 0 Å². The van der Waals surface area contributed by atoms with Crippen molar-refractivity contribution in [1.82, 2.24) is 15.1 Å². The fourth-order valence-electron chi connectivity index (χ4n) is 4.22. The van der Waals surface area contributed by atoms with Crippen molar-refractivity contribution in [3.8, 4) is 0 Å². The third-order valence-corrected chi connectivity index (χ3v) is 5.56. The summed E-state index contributed by atoms with van der Waals surface area (Å²) in [4.78, 5) is 16.6. The van der Waals surface area contributed by atoms with Gasteiger partial charge in [0.2, 0.25) is 0 Å². The number of fused-ring (bicyclic) bond motifs is 1. The highest BCUT2D eigenvalue weighted by atomic mass is 16.6. The number of carbonyl (C=O) groups is 1. The van der Waals surface area contributed by atoms with Gasteiger partial charge in [-0.25, -0.2) is 4.79 Å². The number of piperidine rings is 1. The number of ether oxygens (including phenoxy) is 1. The summed E-state index contributed by atoms with van der Waals surface area (Å²) in [5.74, 6) is 1.31. The molecule has 1 N–H and O–H groups in total. The van der Waals surface area contributed by atoms with Crippen LogP contribution >= 0.6 is 0 Å². The molecule has 0 aromatic heterocycles. The molecule has 22 heavy (non-hydrogen) atoms. The van der Waals surface area contributed by atoms with Crippen molar-refractivity contribution in [1.29, 1.82) is 0 Å². The Morgan fingerprint density at radius 2 is 1.77 bits per heavy atom. The van der Waals surface area contributed by atoms with Crippen molar-refractivity contribution < 1.29 is 9.53 Å². The summed E-state index contributed by atoms with van der Waals surface area (Å²) >= 11 is 0. The van der Waals surface area contributed by atoms with Crippen molar-refractivity contribution in [3.05, 3.63) is 0 Å². The molecule has 3 unspecified atom stereocenters. The summed E-state index contributed by atoms with van der Waals surface area (Å²) in [5.41, 5.74) is -0.391. The number of nitrogens with zero attached hydrogens (tertiary/aromatic N) is 2. The molecule has 2 aliphatic heterocycles. The van der Waals surface area contributed by atoms with Gasteiger partial charge in [-0.05, 0) is 51.9 Å². The molecule has 0 aromatic rings. The van der Waals surface area contributed by atoms with Crippen LogP contribution in [0.25, 0.3) is 0 Å². The topological polar surface area (TPSA) is 44.8 Å². The lowest BCUT2D eigenvalue weighted by atomic mass is 10.2. The lowest BCUT2D eigenvalue weighted by Crippen LogP contribution is -2.42. The minimum atomic E-state index is -0.391. The van der Waals surface area contributed by atoms with Gasteiger partial charge >= 0.3 is 6.09 Å². The molecule has 2 saturated heterocycles. The zero-order chi connectivity index (χ0) is 15.5. The third kappa shape index (κ3) is 2.98. The van der Waals surface area contributed by atoms with E-state index in [9.17, 15) is 4.79 Å². The minimum absolute atomic E-state index is 0.140. The van der Waals surface area contributed by atoms with Gasteiger partial charge in [0.25, 0.3) is 0 Å². The van der Waals surface area contributed by atoms with Crippen LogP contribution in [0.4, 0.5) is 4.79 Å². The average molecular weight is 307 g/mol. The predicted octanol–water partition coefficient (Wildman–Crippen LogP) is 1.68. The van der Waals surface area contributed by atoms with E-state index in [0.717, 1.165) is 19.1 Å². The van der Waals surface area contributed by atoms with E-state index in [1.54, 1.807) is 0 Å². The Kier molecular flexibility index (Phi) is 3.42. The van der Waals surface area contributed by atoms with Crippen molar-refractivity contribution in [3.63, 3.8) is 0 Å². The number of likely N-dealkylation sites (tertiary alicyclic amines) is 2. The quantitative estimate of drug-likeness (QED) is 0.861. The molecule has 4 fully saturated rings. The Labute approximate surface area is 133 Å². The highest BCUT2D eigenvalue weighted by Gasteiger charge is 2.57. The van der Waals surface area contributed by atoms with E-state index in [0.29, 0.717) is 23.9 Å². The molecule has 2 heterocycles. The van der Waals surface area contributed by atoms with E-state index in [2.05, 4.69) is 10.2 Å². The molecule has 4 aliphatic rings. The zero-order valence-corrected chi connectivity index (χ0v) is 14.0. The van der Waals surface area contributed by atoms with Crippen LogP contribution < -0.4 is 5.32 Å². The van der Waals surface area contributed by atoms with Gasteiger partial charge < -0.3 is 15.0 Å². The van der Waals surface area contributed by atoms with E-state index in [1.807, 2.05) is 25.7 Å². The molecule has 124 valence electrons. The predicted molar refractivity (Wildman–Crippen MR) is 84.7 cm³/mol. The van der Waals surface area contributed by atoms with E-state index in [4.69, 9.17) is 4.74 Å². The zero-order valence-electron chi connectivity index (χ0n) is 14.0. The number of amides is 1. The van der Waals surface area contributed by atoms with Gasteiger partial charge in [-0.2, -0.15) is 0 Å². The van der Waals surface area contributed by atoms with Crippen LogP contribution in [0.1, 0.15) is 40.0 Å². The van der Waals surface area contributed by atoms with E-state index in [-0.39, 0.29) is 6.09 Å². The van der Waals surface area contributed by atoms with Crippen molar-refractivity contribution in [2.75, 3.05) is 26.2 Å². The smallest absolute Gasteiger partial charge is 0.410 e. The maximum atomic E-state index is 12.1. The van der Waals surface area contributed by atoms with Crippen LogP contribution in [0.3, 0.4) is 0 Å². The summed E-state index contributed by atoms with van der Waals surface area (Å²) in [6, 6.07) is 2.21. The van der Waals surface area contributed by atoms with Crippen molar-refractivity contribution >= 4 is 6.09 Å². The molecule has 0 aromatic carbocycles. The van der Waals surface area contributed by atoms with E-state index in [1.165, 1.54) is 32.4 Å². The first-order valence-electron chi connectivity index (χ1n) is 8.89. The summed E-state index contributed by atoms with van der Waals surface area (Å²) < 4.78 is 5.47. The van der Waals surface area contributed by atoms with Crippen molar-refractivity contribution in [2.24, 2.45) is 11.8 Å². The lowest BCUT2D eigenvalue weighted by molar-refractivity contribution is 0.0268. The first kappa shape index (κ1) is 14.8. The van der Waals surface area contributed by atoms with Crippen LogP contribution in [-0.4, -0.2) is 65.8 Å². The number of hydrogen-bond acceptors (Lipinski definition) is 4. The number of nitrogens with one attached hydrogen (secondary N) is 1. The Morgan fingerprint density at radius 3 is 2.36 bits per heavy atom. The molecule has 0 spiro atoms. The normalized spacial score (nSPS) is 38.2. The van der Waals surface area contributed by atoms with E-state index >= 15 is 0 Å². The average Bonchev–Trinajstić information content (AvgIpc) is 3.25. The van der Waals surface area contributed by atoms with E-state index < -0.39 is 5.60 Å². The molecule has 5 nitrogen and oxygen atoms in total. The Morgan fingerprint density at radius 1 is 1.09 bits per heavy atom. The Bertz CT molecular complexity index is 445. The fraction of sp³-hybridized carbons (Fsp3) is 0.941. The minimum Gasteiger partial charge on any atom is -0.444 e. The SMILES string of the molecule is CC(C)(C)OC(=O)N1CC2C(C1)C2NC1CCN(C2CC2)C1. The lowest BCUT2D eigenvalue weighted by Gasteiger charge is -2.26. The van der Waals surface area contributed by atoms with Gasteiger partial charge in [0.1, 0.15) is 5.60 Å². The second-order valence-corrected chi connectivity index (χ2v) is 8.62. The van der Waals surface area contributed by atoms with Gasteiger partial charge in [-0.15, -0.1) is 0 Å². The number of hydrogen-bond donors (Lipinski definition) is 1. The molecular formula is C17H29N3O2. The second-order valence-electron chi connectivity index (χ2n) is 8.62. The largest absolute Gasteiger partial charge is 0.444 e. The summed E-state index contributed by atoms with van der Waals surface area (Å²) in [7, 11) is 0. The highest BCUT2D eigenvalue weighted by Crippen LogP contribution is 2.46. The van der Waals surface area contributed by atoms with Gasteiger partial charge in [-0.1, -0.05) is 0 Å². The van der Waals surface area contributed by atoms with Gasteiger partial charge in [0.05, 0.1) is 0 Å². The first-order valence-corrected chi connectivity index (χ1v) is 8.89. The highest BCUT2D eigenvalue weighted by molar-refractivity contribution is 5.69. The molecule has 1 amide bonds. The van der Waals surface area contributed by atoms with Crippen LogP contribution in [0.2, 0.25) is 0 Å². The molecule has 3 atom stereocenters. The standard InChI is InChI=1S/C17H29N3O2/c1-17(2,3)22-16(21)20-9-13-14(10-20)15(13)18-11-6-7-19(8-11)12-4-5-12/h11-15,18H,4-10H2,1-3H3. The molecule has 4 rings (SSSR count). The Balaban J connectivity index is 1.21. The van der Waals surface area contributed by atoms with Crippen molar-refractivity contribution in [2.45, 2.75) is 63.8 Å². The van der Waals surface area contributed by atoms with Gasteiger partial charge in [0, 0.05) is 44.3 Å². The molecular weight excluding hydrogens is 278 g/mol. The summed E-state index contributed by atoms with van der Waals surface area (Å²) in [5, 5.41) is 3.85. The second kappa shape index (κ2) is 5.10. The Hall–Kier alpha value is -0.810. The molecule has 0 radical (unpaired) electrons. The maximum absolute atomic E-state index is 12.1. The van der Waals surface area contributed by atoms with Gasteiger partial charge in [-0.3, -0.25) is 4.90 Å². The fourth-order valence-corrected chi connectivity index (χ4v) is 4.22. The van der Waals surface area contributed by atoms with Crippen LogP contribution in [0.15, 0.2) is 0 Å². The monoisotopic (exact) mass is 307 g/mol. The summed E-state index contributed by atoms with van der Waals surface area (Å²) in [6.45, 7) is 10.0. The molecule has 2 saturated carbocycles. The molecule has 0 bridgehead atoms. The summed E-state index contributed by atoms with van der Waals surface area (Å²) in [6.07, 6.45) is 3.97. The molecule has 2 aliphatic carbocycles.